The van der Waals surface area contributed by atoms with Crippen LogP contribution in [0.5, 0.6) is 5.88 Å². The zero-order valence-electron chi connectivity index (χ0n) is 20.2. The van der Waals surface area contributed by atoms with Gasteiger partial charge in [-0.15, -0.1) is 0 Å². The van der Waals surface area contributed by atoms with Crippen LogP contribution < -0.4 is 4.90 Å². The van der Waals surface area contributed by atoms with E-state index < -0.39 is 5.97 Å². The second-order valence-corrected chi connectivity index (χ2v) is 9.11. The molecule has 3 aromatic carbocycles. The summed E-state index contributed by atoms with van der Waals surface area (Å²) in [6.45, 7) is 0.586. The standard InChI is InChI=1S/C30H23N3O5/c34-26(17-22-7-4-14-38-22)33-13-12-19-15-21(9-11-25(19)33)31-28(18-5-2-1-3-6-18)27-23-10-8-20(30(36)37)16-24(23)32-29(27)35/h1-11,14-16,32,35H,12-13,17H2,(H,36,37). The number of hydrogen-bond donors (Lipinski definition) is 3. The van der Waals surface area contributed by atoms with E-state index in [4.69, 9.17) is 9.41 Å². The van der Waals surface area contributed by atoms with Gasteiger partial charge in [0.2, 0.25) is 5.91 Å². The van der Waals surface area contributed by atoms with Crippen LogP contribution in [0.3, 0.4) is 0 Å². The number of hydrogen-bond acceptors (Lipinski definition) is 5. The van der Waals surface area contributed by atoms with Crippen molar-refractivity contribution < 1.29 is 24.2 Å². The van der Waals surface area contributed by atoms with Crippen molar-refractivity contribution in [2.45, 2.75) is 12.8 Å². The van der Waals surface area contributed by atoms with E-state index in [1.165, 1.54) is 12.1 Å². The number of amides is 1. The SMILES string of the molecule is O=C(O)c1ccc2c(C(=Nc3ccc4c(c3)CCN4C(=O)Cc3ccco3)c3ccccc3)c(O)[nH]c2c1. The lowest BCUT2D eigenvalue weighted by Gasteiger charge is -2.17. The Labute approximate surface area is 217 Å². The predicted molar refractivity (Wildman–Crippen MR) is 144 cm³/mol. The average Bonchev–Trinajstić information content (AvgIpc) is 3.65. The van der Waals surface area contributed by atoms with E-state index in [-0.39, 0.29) is 23.8 Å². The van der Waals surface area contributed by atoms with E-state index in [1.807, 2.05) is 48.5 Å². The number of carbonyl (C=O) groups is 2. The van der Waals surface area contributed by atoms with E-state index in [0.29, 0.717) is 46.6 Å². The summed E-state index contributed by atoms with van der Waals surface area (Å²) in [5.41, 5.74) is 4.99. The van der Waals surface area contributed by atoms with Gasteiger partial charge in [-0.2, -0.15) is 0 Å². The van der Waals surface area contributed by atoms with Crippen molar-refractivity contribution in [1.29, 1.82) is 0 Å². The molecule has 1 aliphatic rings. The van der Waals surface area contributed by atoms with E-state index >= 15 is 0 Å². The molecule has 0 unspecified atom stereocenters. The fraction of sp³-hybridized carbons (Fsp3) is 0.100. The molecule has 0 saturated heterocycles. The summed E-state index contributed by atoms with van der Waals surface area (Å²) in [5, 5.41) is 20.9. The minimum Gasteiger partial charge on any atom is -0.494 e. The van der Waals surface area contributed by atoms with Crippen molar-refractivity contribution in [1.82, 2.24) is 4.98 Å². The number of aliphatic imine (C=N–C) groups is 1. The number of carboxylic acid groups (broad SMARTS) is 1. The molecule has 0 bridgehead atoms. The van der Waals surface area contributed by atoms with Crippen molar-refractivity contribution in [2.24, 2.45) is 4.99 Å². The molecule has 0 saturated carbocycles. The van der Waals surface area contributed by atoms with Crippen LogP contribution in [0.25, 0.3) is 10.9 Å². The van der Waals surface area contributed by atoms with Crippen molar-refractivity contribution in [3.8, 4) is 5.88 Å². The third kappa shape index (κ3) is 4.22. The van der Waals surface area contributed by atoms with Gasteiger partial charge in [-0.1, -0.05) is 36.4 Å². The molecule has 3 heterocycles. The van der Waals surface area contributed by atoms with Gasteiger partial charge in [0.15, 0.2) is 5.88 Å². The van der Waals surface area contributed by atoms with Crippen LogP contribution in [0, 0.1) is 0 Å². The number of aromatic amines is 1. The van der Waals surface area contributed by atoms with Gasteiger partial charge in [-0.25, -0.2) is 9.79 Å². The summed E-state index contributed by atoms with van der Waals surface area (Å²) in [4.78, 5) is 33.9. The van der Waals surface area contributed by atoms with Crippen molar-refractivity contribution in [3.05, 3.63) is 113 Å². The lowest BCUT2D eigenvalue weighted by atomic mass is 10.00. The Morgan fingerprint density at radius 1 is 0.974 bits per heavy atom. The van der Waals surface area contributed by atoms with E-state index in [9.17, 15) is 19.8 Å². The number of rotatable bonds is 6. The number of nitrogens with zero attached hydrogens (tertiary/aromatic N) is 2. The molecule has 3 N–H and O–H groups in total. The number of aromatic hydroxyl groups is 1. The maximum absolute atomic E-state index is 12.9. The smallest absolute Gasteiger partial charge is 0.335 e. The van der Waals surface area contributed by atoms with Crippen molar-refractivity contribution in [2.75, 3.05) is 11.4 Å². The molecule has 8 nitrogen and oxygen atoms in total. The first-order valence-corrected chi connectivity index (χ1v) is 12.2. The number of H-pyrrole nitrogens is 1. The second-order valence-electron chi connectivity index (χ2n) is 9.11. The van der Waals surface area contributed by atoms with Crippen LogP contribution in [0.1, 0.15) is 32.8 Å². The number of nitrogens with one attached hydrogen (secondary N) is 1. The molecule has 5 aromatic rings. The number of aromatic nitrogens is 1. The number of carboxylic acids is 1. The maximum Gasteiger partial charge on any atom is 0.335 e. The van der Waals surface area contributed by atoms with Gasteiger partial charge in [-0.3, -0.25) is 4.79 Å². The summed E-state index contributed by atoms with van der Waals surface area (Å²) < 4.78 is 5.33. The van der Waals surface area contributed by atoms with Gasteiger partial charge in [0.05, 0.1) is 35.2 Å². The Balaban J connectivity index is 1.40. The molecule has 0 fully saturated rings. The Hall–Kier alpha value is -5.11. The third-order valence-electron chi connectivity index (χ3n) is 6.72. The van der Waals surface area contributed by atoms with Crippen LogP contribution >= 0.6 is 0 Å². The quantitative estimate of drug-likeness (QED) is 0.265. The van der Waals surface area contributed by atoms with Gasteiger partial charge < -0.3 is 24.5 Å². The largest absolute Gasteiger partial charge is 0.494 e. The van der Waals surface area contributed by atoms with Gasteiger partial charge in [-0.05, 0) is 54.4 Å². The van der Waals surface area contributed by atoms with E-state index in [2.05, 4.69) is 4.98 Å². The molecule has 0 radical (unpaired) electrons. The van der Waals surface area contributed by atoms with Crippen LogP contribution in [-0.4, -0.2) is 39.3 Å². The monoisotopic (exact) mass is 505 g/mol. The van der Waals surface area contributed by atoms with E-state index in [0.717, 1.165) is 16.8 Å². The molecule has 2 aromatic heterocycles. The predicted octanol–water partition coefficient (Wildman–Crippen LogP) is 5.47. The van der Waals surface area contributed by atoms with Gasteiger partial charge in [0.25, 0.3) is 0 Å². The normalized spacial score (nSPS) is 13.2. The summed E-state index contributed by atoms with van der Waals surface area (Å²) in [7, 11) is 0. The van der Waals surface area contributed by atoms with Crippen molar-refractivity contribution in [3.63, 3.8) is 0 Å². The highest BCUT2D eigenvalue weighted by Crippen LogP contribution is 2.35. The highest BCUT2D eigenvalue weighted by molar-refractivity contribution is 6.22. The average molecular weight is 506 g/mol. The molecule has 6 rings (SSSR count). The first kappa shape index (κ1) is 23.3. The van der Waals surface area contributed by atoms with Crippen LogP contribution in [0.2, 0.25) is 0 Å². The van der Waals surface area contributed by atoms with Crippen LogP contribution in [0.4, 0.5) is 11.4 Å². The molecular formula is C30H23N3O5. The molecular weight excluding hydrogens is 482 g/mol. The number of anilines is 1. The Bertz CT molecular complexity index is 1700. The van der Waals surface area contributed by atoms with Crippen LogP contribution in [-0.2, 0) is 17.6 Å². The molecule has 0 spiro atoms. The van der Waals surface area contributed by atoms with E-state index in [1.54, 1.807) is 29.4 Å². The molecule has 1 aliphatic heterocycles. The molecule has 0 aliphatic carbocycles. The fourth-order valence-electron chi connectivity index (χ4n) is 4.92. The zero-order chi connectivity index (χ0) is 26.2. The number of benzene rings is 3. The highest BCUT2D eigenvalue weighted by Gasteiger charge is 2.26. The lowest BCUT2D eigenvalue weighted by molar-refractivity contribution is -0.118. The van der Waals surface area contributed by atoms with Gasteiger partial charge >= 0.3 is 5.97 Å². The summed E-state index contributed by atoms with van der Waals surface area (Å²) >= 11 is 0. The molecule has 38 heavy (non-hydrogen) atoms. The zero-order valence-corrected chi connectivity index (χ0v) is 20.2. The topological polar surface area (TPSA) is 119 Å². The number of fused-ring (bicyclic) bond motifs is 2. The van der Waals surface area contributed by atoms with Crippen molar-refractivity contribution >= 4 is 39.9 Å². The second kappa shape index (κ2) is 9.40. The summed E-state index contributed by atoms with van der Waals surface area (Å²) in [5.74, 6) is -0.536. The minimum absolute atomic E-state index is 0.0237. The first-order chi connectivity index (χ1) is 18.5. The minimum atomic E-state index is -1.05. The maximum atomic E-state index is 12.9. The van der Waals surface area contributed by atoms with Gasteiger partial charge in [0.1, 0.15) is 5.76 Å². The summed E-state index contributed by atoms with van der Waals surface area (Å²) in [6, 6.07) is 23.5. The molecule has 1 amide bonds. The molecule has 8 heteroatoms. The van der Waals surface area contributed by atoms with Gasteiger partial charge in [0, 0.05) is 28.7 Å². The number of furan rings is 1. The Morgan fingerprint density at radius 2 is 1.82 bits per heavy atom. The molecule has 188 valence electrons. The Morgan fingerprint density at radius 3 is 2.58 bits per heavy atom. The third-order valence-corrected chi connectivity index (χ3v) is 6.72. The fourth-order valence-corrected chi connectivity index (χ4v) is 4.92. The molecule has 0 atom stereocenters. The Kier molecular flexibility index (Phi) is 5.76. The number of carbonyl (C=O) groups excluding carboxylic acids is 1. The first-order valence-electron chi connectivity index (χ1n) is 12.2. The lowest BCUT2D eigenvalue weighted by Crippen LogP contribution is -2.30. The highest BCUT2D eigenvalue weighted by atomic mass is 16.4. The summed E-state index contributed by atoms with van der Waals surface area (Å²) in [6.07, 6.45) is 2.47. The van der Waals surface area contributed by atoms with Crippen LogP contribution in [0.15, 0.2) is 94.5 Å². The number of aromatic carboxylic acids is 1.